The van der Waals surface area contributed by atoms with E-state index < -0.39 is 6.04 Å². The Morgan fingerprint density at radius 3 is 2.40 bits per heavy atom. The maximum absolute atomic E-state index is 13.1. The lowest BCUT2D eigenvalue weighted by atomic mass is 10.1. The minimum absolute atomic E-state index is 0.0706. The van der Waals surface area contributed by atoms with Crippen LogP contribution in [0.15, 0.2) is 47.4 Å². The Bertz CT molecular complexity index is 859. The maximum atomic E-state index is 13.1. The molecule has 2 rings (SSSR count). The third kappa shape index (κ3) is 7.22. The third-order valence-electron chi connectivity index (χ3n) is 4.70. The summed E-state index contributed by atoms with van der Waals surface area (Å²) in [6.45, 7) is 6.60. The number of nitrogens with zero attached hydrogens (tertiary/aromatic N) is 1. The van der Waals surface area contributed by atoms with Crippen LogP contribution in [0.5, 0.6) is 0 Å². The Labute approximate surface area is 193 Å². The van der Waals surface area contributed by atoms with Crippen LogP contribution in [0.1, 0.15) is 37.8 Å². The molecule has 4 nitrogen and oxygen atoms in total. The van der Waals surface area contributed by atoms with E-state index in [1.807, 2.05) is 20.8 Å². The van der Waals surface area contributed by atoms with Gasteiger partial charge in [0.25, 0.3) is 0 Å². The molecule has 2 amide bonds. The van der Waals surface area contributed by atoms with Crippen molar-refractivity contribution in [2.45, 2.75) is 51.1 Å². The Hall–Kier alpha value is -1.69. The van der Waals surface area contributed by atoms with Gasteiger partial charge in [-0.25, -0.2) is 0 Å². The molecule has 162 valence electrons. The van der Waals surface area contributed by atoms with E-state index in [4.69, 9.17) is 23.2 Å². The van der Waals surface area contributed by atoms with Crippen LogP contribution in [0.4, 0.5) is 0 Å². The van der Waals surface area contributed by atoms with Crippen molar-refractivity contribution < 1.29 is 9.59 Å². The molecule has 2 aromatic carbocycles. The minimum Gasteiger partial charge on any atom is -0.355 e. The molecule has 0 bridgehead atoms. The van der Waals surface area contributed by atoms with E-state index in [1.54, 1.807) is 34.9 Å². The first-order valence-corrected chi connectivity index (χ1v) is 11.8. The molecule has 0 unspecified atom stereocenters. The predicted octanol–water partition coefficient (Wildman–Crippen LogP) is 5.73. The van der Waals surface area contributed by atoms with Crippen LogP contribution in [-0.2, 0) is 16.1 Å². The van der Waals surface area contributed by atoms with Crippen LogP contribution in [0.3, 0.4) is 0 Å². The van der Waals surface area contributed by atoms with Gasteiger partial charge in [0.15, 0.2) is 0 Å². The smallest absolute Gasteiger partial charge is 0.242 e. The average Bonchev–Trinajstić information content (AvgIpc) is 2.71. The molecule has 1 N–H and O–H groups in total. The molecule has 30 heavy (non-hydrogen) atoms. The summed E-state index contributed by atoms with van der Waals surface area (Å²) in [6.07, 6.45) is 0.855. The molecule has 0 saturated heterocycles. The molecule has 0 aliphatic rings. The summed E-state index contributed by atoms with van der Waals surface area (Å²) >= 11 is 14.0. The lowest BCUT2D eigenvalue weighted by Gasteiger charge is -2.31. The number of hydrogen-bond donors (Lipinski definition) is 1. The fourth-order valence-electron chi connectivity index (χ4n) is 3.08. The number of benzene rings is 2. The van der Waals surface area contributed by atoms with E-state index >= 15 is 0 Å². The molecule has 0 spiro atoms. The molecule has 1 atom stereocenters. The van der Waals surface area contributed by atoms with E-state index in [2.05, 4.69) is 29.6 Å². The number of carbonyl (C=O) groups is 2. The second-order valence-corrected chi connectivity index (χ2v) is 9.00. The van der Waals surface area contributed by atoms with Crippen LogP contribution >= 0.6 is 35.0 Å². The van der Waals surface area contributed by atoms with Crippen molar-refractivity contribution in [3.05, 3.63) is 63.6 Å². The van der Waals surface area contributed by atoms with Gasteiger partial charge in [-0.2, -0.15) is 0 Å². The molecule has 0 saturated carbocycles. The molecule has 0 radical (unpaired) electrons. The van der Waals surface area contributed by atoms with E-state index in [1.165, 1.54) is 5.56 Å². The highest BCUT2D eigenvalue weighted by Crippen LogP contribution is 2.25. The Morgan fingerprint density at radius 2 is 1.80 bits per heavy atom. The summed E-state index contributed by atoms with van der Waals surface area (Å²) in [5.41, 5.74) is 1.97. The number of amides is 2. The van der Waals surface area contributed by atoms with Gasteiger partial charge in [0.1, 0.15) is 6.04 Å². The van der Waals surface area contributed by atoms with Crippen molar-refractivity contribution in [1.82, 2.24) is 10.2 Å². The molecule has 7 heteroatoms. The fraction of sp³-hybridized carbons (Fsp3) is 0.391. The van der Waals surface area contributed by atoms with Gasteiger partial charge in [-0.3, -0.25) is 9.59 Å². The first-order chi connectivity index (χ1) is 14.3. The van der Waals surface area contributed by atoms with Crippen LogP contribution in [0, 0.1) is 6.92 Å². The highest BCUT2D eigenvalue weighted by molar-refractivity contribution is 7.99. The van der Waals surface area contributed by atoms with Crippen LogP contribution < -0.4 is 5.32 Å². The molecule has 0 aliphatic heterocycles. The topological polar surface area (TPSA) is 49.4 Å². The maximum Gasteiger partial charge on any atom is 0.242 e. The average molecular weight is 467 g/mol. The van der Waals surface area contributed by atoms with E-state index in [-0.39, 0.29) is 18.4 Å². The number of nitrogens with one attached hydrogen (secondary N) is 1. The second-order valence-electron chi connectivity index (χ2n) is 6.99. The zero-order valence-electron chi connectivity index (χ0n) is 17.6. The minimum atomic E-state index is -0.548. The van der Waals surface area contributed by atoms with E-state index in [9.17, 15) is 9.59 Å². The van der Waals surface area contributed by atoms with Gasteiger partial charge in [0.2, 0.25) is 11.8 Å². The summed E-state index contributed by atoms with van der Waals surface area (Å²) in [5.74, 6) is 0.418. The molecular formula is C23H28Cl2N2O2S. The summed E-state index contributed by atoms with van der Waals surface area (Å²) in [5, 5.41) is 3.86. The number of halogens is 2. The largest absolute Gasteiger partial charge is 0.355 e. The van der Waals surface area contributed by atoms with Gasteiger partial charge in [0, 0.05) is 40.2 Å². The van der Waals surface area contributed by atoms with Crippen LogP contribution in [0.25, 0.3) is 0 Å². The molecular weight excluding hydrogens is 439 g/mol. The number of likely N-dealkylation sites (N-methyl/N-ethyl adjacent to an activating group) is 1. The SMILES string of the molecule is CCNC(=O)[C@@H](CC)N(Cc1ccc(Cl)cc1Cl)C(=O)CCSc1ccc(C)cc1. The van der Waals surface area contributed by atoms with Crippen molar-refractivity contribution in [1.29, 1.82) is 0 Å². The number of thioether (sulfide) groups is 1. The fourth-order valence-corrected chi connectivity index (χ4v) is 4.39. The zero-order chi connectivity index (χ0) is 22.1. The Morgan fingerprint density at radius 1 is 1.10 bits per heavy atom. The number of hydrogen-bond acceptors (Lipinski definition) is 3. The van der Waals surface area contributed by atoms with E-state index in [0.717, 1.165) is 10.5 Å². The summed E-state index contributed by atoms with van der Waals surface area (Å²) < 4.78 is 0. The van der Waals surface area contributed by atoms with Crippen molar-refractivity contribution in [3.63, 3.8) is 0 Å². The first-order valence-electron chi connectivity index (χ1n) is 10.1. The Kier molecular flexibility index (Phi) is 10.0. The van der Waals surface area contributed by atoms with Gasteiger partial charge in [-0.1, -0.05) is 53.9 Å². The lowest BCUT2D eigenvalue weighted by Crippen LogP contribution is -2.49. The summed E-state index contributed by atoms with van der Waals surface area (Å²) in [7, 11) is 0. The third-order valence-corrected chi connectivity index (χ3v) is 6.30. The Balaban J connectivity index is 2.14. The van der Waals surface area contributed by atoms with Gasteiger partial charge in [-0.15, -0.1) is 11.8 Å². The highest BCUT2D eigenvalue weighted by Gasteiger charge is 2.28. The number of aryl methyl sites for hydroxylation is 1. The van der Waals surface area contributed by atoms with Crippen molar-refractivity contribution in [2.75, 3.05) is 12.3 Å². The van der Waals surface area contributed by atoms with Crippen molar-refractivity contribution >= 4 is 46.8 Å². The molecule has 0 aromatic heterocycles. The van der Waals surface area contributed by atoms with Gasteiger partial charge in [0.05, 0.1) is 0 Å². The first kappa shape index (κ1) is 24.6. The lowest BCUT2D eigenvalue weighted by molar-refractivity contribution is -0.141. The monoisotopic (exact) mass is 466 g/mol. The van der Waals surface area contributed by atoms with Gasteiger partial charge >= 0.3 is 0 Å². The highest BCUT2D eigenvalue weighted by atomic mass is 35.5. The predicted molar refractivity (Wildman–Crippen MR) is 126 cm³/mol. The quantitative estimate of drug-likeness (QED) is 0.454. The molecule has 0 heterocycles. The normalized spacial score (nSPS) is 11.8. The van der Waals surface area contributed by atoms with Crippen molar-refractivity contribution in [3.8, 4) is 0 Å². The van der Waals surface area contributed by atoms with Crippen LogP contribution in [0.2, 0.25) is 10.0 Å². The summed E-state index contributed by atoms with van der Waals surface area (Å²) in [4.78, 5) is 28.5. The second kappa shape index (κ2) is 12.2. The number of carbonyl (C=O) groups excluding carboxylic acids is 2. The number of rotatable bonds is 10. The molecule has 2 aromatic rings. The van der Waals surface area contributed by atoms with Gasteiger partial charge in [-0.05, 0) is 50.1 Å². The molecule has 0 fully saturated rings. The molecule has 0 aliphatic carbocycles. The van der Waals surface area contributed by atoms with Crippen LogP contribution in [-0.4, -0.2) is 35.1 Å². The van der Waals surface area contributed by atoms with Gasteiger partial charge < -0.3 is 10.2 Å². The zero-order valence-corrected chi connectivity index (χ0v) is 19.9. The van der Waals surface area contributed by atoms with Crippen molar-refractivity contribution in [2.24, 2.45) is 0 Å². The standard InChI is InChI=1S/C23H28Cl2N2O2S/c1-4-21(23(29)26-5-2)27(15-17-8-9-18(24)14-20(17)25)22(28)12-13-30-19-10-6-16(3)7-11-19/h6-11,14,21H,4-5,12-13,15H2,1-3H3,(H,26,29)/t21-/m1/s1. The summed E-state index contributed by atoms with van der Waals surface area (Å²) in [6, 6.07) is 12.9. The van der Waals surface area contributed by atoms with E-state index in [0.29, 0.717) is 35.2 Å².